The zero-order chi connectivity index (χ0) is 11.3. The summed E-state index contributed by atoms with van der Waals surface area (Å²) in [6.45, 7) is 0.277. The number of nitrogens with zero attached hydrogens (tertiary/aromatic N) is 1. The number of hydrogen-bond acceptors (Lipinski definition) is 4. The van der Waals surface area contributed by atoms with Gasteiger partial charge in [0.25, 0.3) is 5.69 Å². The second kappa shape index (κ2) is 5.41. The Morgan fingerprint density at radius 1 is 1.47 bits per heavy atom. The van der Waals surface area contributed by atoms with E-state index >= 15 is 0 Å². The van der Waals surface area contributed by atoms with E-state index in [4.69, 9.17) is 21.1 Å². The highest BCUT2D eigenvalue weighted by molar-refractivity contribution is 6.18. The van der Waals surface area contributed by atoms with E-state index < -0.39 is 4.92 Å². The number of alkyl halides is 1. The number of non-ortho nitro benzene ring substituents is 1. The second-order valence-electron chi connectivity index (χ2n) is 2.63. The molecule has 0 fully saturated rings. The molecule has 0 aliphatic rings. The van der Waals surface area contributed by atoms with Gasteiger partial charge in [-0.1, -0.05) is 0 Å². The number of ether oxygens (including phenoxy) is 2. The number of halogens is 1. The van der Waals surface area contributed by atoms with Gasteiger partial charge in [0.2, 0.25) is 0 Å². The van der Waals surface area contributed by atoms with Crippen LogP contribution in [-0.2, 0) is 0 Å². The van der Waals surface area contributed by atoms with E-state index in [1.54, 1.807) is 0 Å². The molecular weight excluding hydrogens is 222 g/mol. The Bertz CT molecular complexity index is 356. The van der Waals surface area contributed by atoms with Gasteiger partial charge in [-0.2, -0.15) is 0 Å². The quantitative estimate of drug-likeness (QED) is 0.443. The van der Waals surface area contributed by atoms with Crippen LogP contribution in [-0.4, -0.2) is 24.5 Å². The highest BCUT2D eigenvalue weighted by Gasteiger charge is 2.11. The molecule has 1 aromatic carbocycles. The van der Waals surface area contributed by atoms with E-state index in [2.05, 4.69) is 0 Å². The zero-order valence-electron chi connectivity index (χ0n) is 8.10. The molecule has 1 rings (SSSR count). The third-order valence-corrected chi connectivity index (χ3v) is 1.85. The van der Waals surface area contributed by atoms with E-state index in [1.165, 1.54) is 25.3 Å². The third-order valence-electron chi connectivity index (χ3n) is 1.69. The van der Waals surface area contributed by atoms with Crippen LogP contribution < -0.4 is 9.47 Å². The average molecular weight is 232 g/mol. The van der Waals surface area contributed by atoms with Crippen LogP contribution in [0.15, 0.2) is 18.2 Å². The predicted octanol–water partition coefficient (Wildman–Crippen LogP) is 2.22. The molecule has 0 saturated carbocycles. The molecule has 1 aromatic rings. The maximum atomic E-state index is 10.5. The minimum atomic E-state index is -0.493. The first-order valence-electron chi connectivity index (χ1n) is 4.20. The molecule has 15 heavy (non-hydrogen) atoms. The Balaban J connectivity index is 2.96. The summed E-state index contributed by atoms with van der Waals surface area (Å²) in [5.41, 5.74) is -0.0413. The highest BCUT2D eigenvalue weighted by Crippen LogP contribution is 2.30. The predicted molar refractivity (Wildman–Crippen MR) is 55.9 cm³/mol. The number of methoxy groups -OCH3 is 1. The van der Waals surface area contributed by atoms with Crippen molar-refractivity contribution in [3.8, 4) is 11.5 Å². The molecule has 0 spiro atoms. The fourth-order valence-electron chi connectivity index (χ4n) is 1.04. The Labute approximate surface area is 91.7 Å². The Kier molecular flexibility index (Phi) is 4.17. The molecule has 0 heterocycles. The number of nitro benzene ring substituents is 1. The smallest absolute Gasteiger partial charge is 0.273 e. The van der Waals surface area contributed by atoms with Crippen molar-refractivity contribution in [2.45, 2.75) is 0 Å². The van der Waals surface area contributed by atoms with E-state index in [0.717, 1.165) is 0 Å². The van der Waals surface area contributed by atoms with Gasteiger partial charge in [-0.3, -0.25) is 10.1 Å². The van der Waals surface area contributed by atoms with Gasteiger partial charge >= 0.3 is 0 Å². The van der Waals surface area contributed by atoms with E-state index in [0.29, 0.717) is 17.4 Å². The lowest BCUT2D eigenvalue weighted by Gasteiger charge is -2.08. The van der Waals surface area contributed by atoms with Gasteiger partial charge in [0, 0.05) is 6.07 Å². The van der Waals surface area contributed by atoms with Crippen LogP contribution in [0.2, 0.25) is 0 Å². The number of benzene rings is 1. The lowest BCUT2D eigenvalue weighted by molar-refractivity contribution is -0.385. The minimum Gasteiger partial charge on any atom is -0.493 e. The van der Waals surface area contributed by atoms with Crippen LogP contribution in [0.3, 0.4) is 0 Å². The highest BCUT2D eigenvalue weighted by atomic mass is 35.5. The molecule has 0 amide bonds. The van der Waals surface area contributed by atoms with E-state index in [1.807, 2.05) is 0 Å². The Morgan fingerprint density at radius 2 is 2.20 bits per heavy atom. The molecule has 0 aromatic heterocycles. The number of nitro groups is 1. The molecule has 5 nitrogen and oxygen atoms in total. The van der Waals surface area contributed by atoms with Gasteiger partial charge in [0.1, 0.15) is 6.61 Å². The summed E-state index contributed by atoms with van der Waals surface area (Å²) < 4.78 is 10.2. The molecule has 82 valence electrons. The van der Waals surface area contributed by atoms with Crippen molar-refractivity contribution in [2.75, 3.05) is 19.6 Å². The lowest BCUT2D eigenvalue weighted by atomic mass is 10.3. The van der Waals surface area contributed by atoms with Crippen LogP contribution in [0.25, 0.3) is 0 Å². The van der Waals surface area contributed by atoms with Crippen molar-refractivity contribution in [2.24, 2.45) is 0 Å². The summed E-state index contributed by atoms with van der Waals surface area (Å²) in [6, 6.07) is 4.15. The number of rotatable bonds is 5. The maximum Gasteiger partial charge on any atom is 0.273 e. The van der Waals surface area contributed by atoms with Crippen molar-refractivity contribution in [3.63, 3.8) is 0 Å². The SMILES string of the molecule is COc1ccc([N+](=O)[O-])cc1OCCCl. The van der Waals surface area contributed by atoms with Gasteiger partial charge in [-0.05, 0) is 6.07 Å². The first kappa shape index (κ1) is 11.6. The molecule has 0 aliphatic carbocycles. The molecule has 0 bridgehead atoms. The van der Waals surface area contributed by atoms with E-state index in [9.17, 15) is 10.1 Å². The summed E-state index contributed by atoms with van der Waals surface area (Å²) in [4.78, 5) is 10.0. The van der Waals surface area contributed by atoms with Crippen LogP contribution in [0.4, 0.5) is 5.69 Å². The Hall–Kier alpha value is -1.49. The maximum absolute atomic E-state index is 10.5. The van der Waals surface area contributed by atoms with E-state index in [-0.39, 0.29) is 12.3 Å². The molecule has 0 unspecified atom stereocenters. The van der Waals surface area contributed by atoms with Crippen LogP contribution >= 0.6 is 11.6 Å². The normalized spacial score (nSPS) is 9.73. The molecule has 6 heteroatoms. The van der Waals surface area contributed by atoms with Gasteiger partial charge in [-0.25, -0.2) is 0 Å². The van der Waals surface area contributed by atoms with Crippen molar-refractivity contribution < 1.29 is 14.4 Å². The first-order chi connectivity index (χ1) is 7.19. The summed E-state index contributed by atoms with van der Waals surface area (Å²) in [5.74, 6) is 1.09. The molecule has 0 atom stereocenters. The summed E-state index contributed by atoms with van der Waals surface area (Å²) in [5, 5.41) is 10.5. The average Bonchev–Trinajstić information content (AvgIpc) is 2.25. The van der Waals surface area contributed by atoms with Gasteiger partial charge < -0.3 is 9.47 Å². The van der Waals surface area contributed by atoms with Crippen LogP contribution in [0, 0.1) is 10.1 Å². The molecule has 0 saturated heterocycles. The van der Waals surface area contributed by atoms with Gasteiger partial charge in [0.15, 0.2) is 11.5 Å². The van der Waals surface area contributed by atoms with Crippen molar-refractivity contribution in [1.82, 2.24) is 0 Å². The largest absolute Gasteiger partial charge is 0.493 e. The topological polar surface area (TPSA) is 61.6 Å². The van der Waals surface area contributed by atoms with Crippen LogP contribution in [0.1, 0.15) is 0 Å². The Morgan fingerprint density at radius 3 is 2.73 bits per heavy atom. The summed E-state index contributed by atoms with van der Waals surface area (Å²) >= 11 is 5.45. The monoisotopic (exact) mass is 231 g/mol. The summed E-state index contributed by atoms with van der Waals surface area (Å²) in [7, 11) is 1.47. The second-order valence-corrected chi connectivity index (χ2v) is 3.01. The molecular formula is C9H10ClNO4. The standard InChI is InChI=1S/C9H10ClNO4/c1-14-8-3-2-7(11(12)13)6-9(8)15-5-4-10/h2-3,6H,4-5H2,1H3. The fourth-order valence-corrected chi connectivity index (χ4v) is 1.12. The molecule has 0 aliphatic heterocycles. The molecule has 0 N–H and O–H groups in total. The third kappa shape index (κ3) is 2.99. The minimum absolute atomic E-state index is 0.0413. The number of hydrogen-bond donors (Lipinski definition) is 0. The van der Waals surface area contributed by atoms with Crippen molar-refractivity contribution >= 4 is 17.3 Å². The first-order valence-corrected chi connectivity index (χ1v) is 4.73. The summed E-state index contributed by atoms with van der Waals surface area (Å²) in [6.07, 6.45) is 0. The van der Waals surface area contributed by atoms with Crippen LogP contribution in [0.5, 0.6) is 11.5 Å². The molecule has 0 radical (unpaired) electrons. The van der Waals surface area contributed by atoms with Gasteiger partial charge in [0.05, 0.1) is 24.0 Å². The fraction of sp³-hybridized carbons (Fsp3) is 0.333. The van der Waals surface area contributed by atoms with Crippen molar-refractivity contribution in [3.05, 3.63) is 28.3 Å². The zero-order valence-corrected chi connectivity index (χ0v) is 8.86. The lowest BCUT2D eigenvalue weighted by Crippen LogP contribution is -2.00. The van der Waals surface area contributed by atoms with Crippen molar-refractivity contribution in [1.29, 1.82) is 0 Å². The van der Waals surface area contributed by atoms with Gasteiger partial charge in [-0.15, -0.1) is 11.6 Å².